The Morgan fingerprint density at radius 2 is 1.97 bits per heavy atom. The van der Waals surface area contributed by atoms with Crippen LogP contribution in [0.2, 0.25) is 5.02 Å². The normalized spacial score (nSPS) is 14.7. The summed E-state index contributed by atoms with van der Waals surface area (Å²) in [5, 5.41) is 11.3. The second kappa shape index (κ2) is 12.6. The molecule has 1 aliphatic carbocycles. The second-order valence-electron chi connectivity index (χ2n) is 8.50. The first-order valence-corrected chi connectivity index (χ1v) is 12.0. The van der Waals surface area contributed by atoms with Crippen molar-refractivity contribution in [1.82, 2.24) is 19.9 Å². The first kappa shape index (κ1) is 25.8. The van der Waals surface area contributed by atoms with Crippen molar-refractivity contribution in [3.63, 3.8) is 0 Å². The molecule has 3 aromatic rings. The number of nitrogens with zero attached hydrogens (tertiary/aromatic N) is 3. The highest BCUT2D eigenvalue weighted by Crippen LogP contribution is 2.34. The van der Waals surface area contributed by atoms with Gasteiger partial charge >= 0.3 is 0 Å². The number of ether oxygens (including phenoxy) is 2. The van der Waals surface area contributed by atoms with Crippen LogP contribution in [0.1, 0.15) is 51.5 Å². The summed E-state index contributed by atoms with van der Waals surface area (Å²) in [5.74, 6) is 0.307. The third kappa shape index (κ3) is 7.08. The van der Waals surface area contributed by atoms with Gasteiger partial charge in [-0.25, -0.2) is 4.98 Å². The van der Waals surface area contributed by atoms with Crippen LogP contribution in [0.5, 0.6) is 11.9 Å². The number of halogens is 1. The molecule has 8 nitrogen and oxygen atoms in total. The molecule has 0 aliphatic heterocycles. The molecule has 1 aromatic carbocycles. The Balaban J connectivity index is 0.000000350. The van der Waals surface area contributed by atoms with Crippen molar-refractivity contribution < 1.29 is 19.4 Å². The molecular weight excluding hydrogens is 456 g/mol. The zero-order valence-electron chi connectivity index (χ0n) is 20.0. The maximum absolute atomic E-state index is 10.2. The zero-order chi connectivity index (χ0) is 24.5. The Labute approximate surface area is 205 Å². The minimum Gasteiger partial charge on any atom is -0.472 e. The quantitative estimate of drug-likeness (QED) is 0.511. The standard InChI is InChI=1S/C20H22ClN3O2.C5H11NO2/c1-24-18-16(23-20(24)26-15-10-6-3-7-11-15)12-22-19(17(18)21)25-13-14-8-4-2-5-9-14;1-4(3-7)6-5(2)8/h2,4-5,8-9,12,15H,3,6-7,10-11,13H2,1H3;4,7H,3H2,1-2H3,(H,6,8). The monoisotopic (exact) mass is 488 g/mol. The van der Waals surface area contributed by atoms with Crippen molar-refractivity contribution in [1.29, 1.82) is 0 Å². The van der Waals surface area contributed by atoms with E-state index in [1.54, 1.807) is 13.1 Å². The molecule has 2 N–H and O–H groups in total. The number of aliphatic hydroxyl groups is 1. The summed E-state index contributed by atoms with van der Waals surface area (Å²) in [7, 11) is 1.92. The molecule has 4 rings (SSSR count). The maximum Gasteiger partial charge on any atom is 0.297 e. The smallest absolute Gasteiger partial charge is 0.297 e. The number of aryl methyl sites for hydroxylation is 1. The third-order valence-electron chi connectivity index (χ3n) is 5.55. The molecule has 184 valence electrons. The number of imidazole rings is 1. The SMILES string of the molecule is CC(=O)NC(C)CO.Cn1c(OC2CCCCC2)nc2cnc(OCc3ccccc3)c(Cl)c21. The molecule has 34 heavy (non-hydrogen) atoms. The third-order valence-corrected chi connectivity index (χ3v) is 5.89. The molecule has 1 saturated carbocycles. The summed E-state index contributed by atoms with van der Waals surface area (Å²) in [5.41, 5.74) is 2.57. The van der Waals surface area contributed by atoms with E-state index < -0.39 is 0 Å². The number of nitrogens with one attached hydrogen (secondary N) is 1. The van der Waals surface area contributed by atoms with E-state index in [0.29, 0.717) is 23.5 Å². The fraction of sp³-hybridized carbons (Fsp3) is 0.480. The summed E-state index contributed by atoms with van der Waals surface area (Å²) in [6.45, 7) is 3.58. The number of aromatic nitrogens is 3. The number of hydrogen-bond donors (Lipinski definition) is 2. The molecule has 2 aromatic heterocycles. The van der Waals surface area contributed by atoms with Crippen LogP contribution in [-0.2, 0) is 18.4 Å². The number of carbonyl (C=O) groups excluding carboxylic acids is 1. The summed E-state index contributed by atoms with van der Waals surface area (Å²) in [4.78, 5) is 19.1. The van der Waals surface area contributed by atoms with Crippen LogP contribution in [0.4, 0.5) is 0 Å². The fourth-order valence-corrected chi connectivity index (χ4v) is 4.11. The van der Waals surface area contributed by atoms with Crippen molar-refractivity contribution in [2.75, 3.05) is 6.61 Å². The van der Waals surface area contributed by atoms with Crippen molar-refractivity contribution >= 4 is 28.5 Å². The second-order valence-corrected chi connectivity index (χ2v) is 8.88. The van der Waals surface area contributed by atoms with Gasteiger partial charge in [-0.3, -0.25) is 9.36 Å². The minimum atomic E-state index is -0.118. The zero-order valence-corrected chi connectivity index (χ0v) is 20.7. The summed E-state index contributed by atoms with van der Waals surface area (Å²) < 4.78 is 13.8. The van der Waals surface area contributed by atoms with Gasteiger partial charge in [0.1, 0.15) is 23.3 Å². The van der Waals surface area contributed by atoms with Gasteiger partial charge in [0, 0.05) is 20.0 Å². The number of benzene rings is 1. The van der Waals surface area contributed by atoms with Crippen LogP contribution in [0, 0.1) is 0 Å². The fourth-order valence-electron chi connectivity index (χ4n) is 3.78. The molecule has 2 heterocycles. The lowest BCUT2D eigenvalue weighted by atomic mass is 9.98. The molecule has 0 saturated heterocycles. The van der Waals surface area contributed by atoms with Crippen molar-refractivity contribution in [3.8, 4) is 11.9 Å². The first-order chi connectivity index (χ1) is 16.4. The molecule has 1 atom stereocenters. The van der Waals surface area contributed by atoms with Crippen LogP contribution in [-0.4, -0.2) is 44.3 Å². The Kier molecular flexibility index (Phi) is 9.53. The van der Waals surface area contributed by atoms with Gasteiger partial charge in [-0.05, 0) is 38.2 Å². The van der Waals surface area contributed by atoms with E-state index in [1.807, 2.05) is 41.9 Å². The predicted molar refractivity (Wildman–Crippen MR) is 132 cm³/mol. The average molecular weight is 489 g/mol. The molecule has 1 fully saturated rings. The van der Waals surface area contributed by atoms with E-state index in [0.717, 1.165) is 29.4 Å². The number of amides is 1. The van der Waals surface area contributed by atoms with E-state index in [1.165, 1.54) is 26.2 Å². The van der Waals surface area contributed by atoms with E-state index in [4.69, 9.17) is 26.2 Å². The number of carbonyl (C=O) groups is 1. The van der Waals surface area contributed by atoms with Crippen LogP contribution in [0.3, 0.4) is 0 Å². The molecular formula is C25H33ClN4O4. The summed E-state index contributed by atoms with van der Waals surface area (Å²) >= 11 is 6.57. The predicted octanol–water partition coefficient (Wildman–Crippen LogP) is 4.42. The Morgan fingerprint density at radius 3 is 2.59 bits per heavy atom. The lowest BCUT2D eigenvalue weighted by Crippen LogP contribution is -2.32. The first-order valence-electron chi connectivity index (χ1n) is 11.6. The maximum atomic E-state index is 10.2. The van der Waals surface area contributed by atoms with Crippen LogP contribution in [0.15, 0.2) is 36.5 Å². The topological polar surface area (TPSA) is 98.5 Å². The van der Waals surface area contributed by atoms with Crippen molar-refractivity contribution in [2.24, 2.45) is 7.05 Å². The van der Waals surface area contributed by atoms with E-state index >= 15 is 0 Å². The average Bonchev–Trinajstić information content (AvgIpc) is 3.15. The molecule has 1 unspecified atom stereocenters. The Hall–Kier alpha value is -2.84. The number of aliphatic hydroxyl groups excluding tert-OH is 1. The van der Waals surface area contributed by atoms with Crippen LogP contribution >= 0.6 is 11.6 Å². The van der Waals surface area contributed by atoms with Gasteiger partial charge in [0.15, 0.2) is 0 Å². The molecule has 0 radical (unpaired) electrons. The van der Waals surface area contributed by atoms with Gasteiger partial charge in [-0.1, -0.05) is 48.4 Å². The largest absolute Gasteiger partial charge is 0.472 e. The molecule has 0 bridgehead atoms. The van der Waals surface area contributed by atoms with Gasteiger partial charge in [0.05, 0.1) is 18.3 Å². The number of hydrogen-bond acceptors (Lipinski definition) is 6. The van der Waals surface area contributed by atoms with Crippen molar-refractivity contribution in [2.45, 2.75) is 64.7 Å². The minimum absolute atomic E-state index is 0.000417. The van der Waals surface area contributed by atoms with Gasteiger partial charge in [0.2, 0.25) is 11.8 Å². The molecule has 0 spiro atoms. The summed E-state index contributed by atoms with van der Waals surface area (Å²) in [6.07, 6.45) is 7.82. The highest BCUT2D eigenvalue weighted by atomic mass is 35.5. The molecule has 1 aliphatic rings. The van der Waals surface area contributed by atoms with E-state index in [2.05, 4.69) is 15.3 Å². The van der Waals surface area contributed by atoms with Gasteiger partial charge < -0.3 is 19.9 Å². The van der Waals surface area contributed by atoms with Gasteiger partial charge in [-0.2, -0.15) is 4.98 Å². The van der Waals surface area contributed by atoms with Crippen molar-refractivity contribution in [3.05, 3.63) is 47.1 Å². The van der Waals surface area contributed by atoms with Gasteiger partial charge in [0.25, 0.3) is 6.01 Å². The summed E-state index contributed by atoms with van der Waals surface area (Å²) in [6, 6.07) is 10.4. The Bertz CT molecular complexity index is 1070. The van der Waals surface area contributed by atoms with E-state index in [9.17, 15) is 4.79 Å². The van der Waals surface area contributed by atoms with Crippen LogP contribution in [0.25, 0.3) is 11.0 Å². The lowest BCUT2D eigenvalue weighted by molar-refractivity contribution is -0.119. The lowest BCUT2D eigenvalue weighted by Gasteiger charge is -2.22. The number of fused-ring (bicyclic) bond motifs is 1. The molecule has 9 heteroatoms. The highest BCUT2D eigenvalue weighted by molar-refractivity contribution is 6.36. The number of rotatable bonds is 7. The van der Waals surface area contributed by atoms with E-state index in [-0.39, 0.29) is 24.7 Å². The van der Waals surface area contributed by atoms with Crippen LogP contribution < -0.4 is 14.8 Å². The van der Waals surface area contributed by atoms with Gasteiger partial charge in [-0.15, -0.1) is 0 Å². The molecule has 1 amide bonds. The number of pyridine rings is 1. The highest BCUT2D eigenvalue weighted by Gasteiger charge is 2.21. The Morgan fingerprint density at radius 1 is 1.26 bits per heavy atom.